The number of aromatic amines is 1. The van der Waals surface area contributed by atoms with E-state index in [0.717, 1.165) is 54.2 Å². The minimum atomic E-state index is 0.0564. The van der Waals surface area contributed by atoms with Gasteiger partial charge in [0.15, 0.2) is 0 Å². The van der Waals surface area contributed by atoms with Crippen molar-refractivity contribution in [2.24, 2.45) is 13.0 Å². The monoisotopic (exact) mass is 352 g/mol. The lowest BCUT2D eigenvalue weighted by Crippen LogP contribution is -2.50. The molecule has 0 saturated carbocycles. The maximum atomic E-state index is 12.2. The van der Waals surface area contributed by atoms with Gasteiger partial charge in [0.05, 0.1) is 11.9 Å². The summed E-state index contributed by atoms with van der Waals surface area (Å²) in [7, 11) is 1.91. The van der Waals surface area contributed by atoms with Crippen molar-refractivity contribution in [3.8, 4) is 11.3 Å². The summed E-state index contributed by atoms with van der Waals surface area (Å²) in [5, 5.41) is 5.35. The summed E-state index contributed by atoms with van der Waals surface area (Å²) >= 11 is 0. The van der Waals surface area contributed by atoms with Crippen LogP contribution in [0.2, 0.25) is 0 Å². The smallest absolute Gasteiger partial charge is 0.225 e. The molecule has 136 valence electrons. The minimum Gasteiger partial charge on any atom is -0.367 e. The Morgan fingerprint density at radius 3 is 2.65 bits per heavy atom. The molecule has 0 unspecified atom stereocenters. The normalized spacial score (nSPS) is 15.2. The number of hydrogen-bond acceptors (Lipinski definition) is 4. The Labute approximate surface area is 152 Å². The maximum absolute atomic E-state index is 12.2. The number of aromatic nitrogens is 4. The standard InChI is InChI=1S/C19H24N6O/c1-13(2)19(26)25-8-6-24(7-9-25)17-4-5-20-18-15(17)10-16(22-18)14-11-21-23(3)12-14/h4-5,10-13H,6-9H2,1-3H3,(H,20,22). The first-order valence-electron chi connectivity index (χ1n) is 9.03. The van der Waals surface area contributed by atoms with Crippen molar-refractivity contribution in [1.29, 1.82) is 0 Å². The number of piperazine rings is 1. The first-order chi connectivity index (χ1) is 12.5. The molecule has 4 heterocycles. The number of rotatable bonds is 3. The third-order valence-electron chi connectivity index (χ3n) is 4.95. The average molecular weight is 352 g/mol. The molecular formula is C19H24N6O. The Morgan fingerprint density at radius 1 is 1.23 bits per heavy atom. The second-order valence-electron chi connectivity index (χ2n) is 7.15. The molecule has 0 spiro atoms. The number of aryl methyl sites for hydroxylation is 1. The highest BCUT2D eigenvalue weighted by molar-refractivity contribution is 5.93. The van der Waals surface area contributed by atoms with Gasteiger partial charge in [-0.15, -0.1) is 0 Å². The van der Waals surface area contributed by atoms with Crippen LogP contribution < -0.4 is 4.90 Å². The van der Waals surface area contributed by atoms with Crippen LogP contribution in [0.1, 0.15) is 13.8 Å². The van der Waals surface area contributed by atoms with E-state index in [9.17, 15) is 4.79 Å². The Bertz CT molecular complexity index is 933. The number of hydrogen-bond donors (Lipinski definition) is 1. The molecule has 4 rings (SSSR count). The number of pyridine rings is 1. The summed E-state index contributed by atoms with van der Waals surface area (Å²) in [5.41, 5.74) is 4.10. The molecule has 1 fully saturated rings. The molecule has 0 aliphatic carbocycles. The van der Waals surface area contributed by atoms with Crippen LogP contribution in [-0.2, 0) is 11.8 Å². The number of H-pyrrole nitrogens is 1. The van der Waals surface area contributed by atoms with Crippen molar-refractivity contribution in [3.05, 3.63) is 30.7 Å². The third-order valence-corrected chi connectivity index (χ3v) is 4.95. The van der Waals surface area contributed by atoms with Gasteiger partial charge in [-0.25, -0.2) is 4.98 Å². The van der Waals surface area contributed by atoms with Gasteiger partial charge < -0.3 is 14.8 Å². The molecular weight excluding hydrogens is 328 g/mol. The fraction of sp³-hybridized carbons (Fsp3) is 0.421. The first kappa shape index (κ1) is 16.6. The third kappa shape index (κ3) is 2.94. The quantitative estimate of drug-likeness (QED) is 0.785. The molecule has 0 radical (unpaired) electrons. The topological polar surface area (TPSA) is 70.1 Å². The van der Waals surface area contributed by atoms with Crippen LogP contribution in [0.15, 0.2) is 30.7 Å². The van der Waals surface area contributed by atoms with E-state index >= 15 is 0 Å². The van der Waals surface area contributed by atoms with Crippen LogP contribution in [0.4, 0.5) is 5.69 Å². The van der Waals surface area contributed by atoms with Crippen LogP contribution in [-0.4, -0.2) is 56.7 Å². The zero-order valence-corrected chi connectivity index (χ0v) is 15.4. The first-order valence-corrected chi connectivity index (χ1v) is 9.03. The zero-order chi connectivity index (χ0) is 18.3. The maximum Gasteiger partial charge on any atom is 0.225 e. The molecule has 1 saturated heterocycles. The van der Waals surface area contributed by atoms with Crippen LogP contribution >= 0.6 is 0 Å². The lowest BCUT2D eigenvalue weighted by Gasteiger charge is -2.37. The van der Waals surface area contributed by atoms with Crippen molar-refractivity contribution < 1.29 is 4.79 Å². The number of fused-ring (bicyclic) bond motifs is 1. The molecule has 1 aliphatic rings. The number of anilines is 1. The molecule has 7 heteroatoms. The van der Waals surface area contributed by atoms with Crippen LogP contribution in [0.25, 0.3) is 22.3 Å². The number of carbonyl (C=O) groups excluding carboxylic acids is 1. The summed E-state index contributed by atoms with van der Waals surface area (Å²) in [5.74, 6) is 0.297. The van der Waals surface area contributed by atoms with E-state index in [2.05, 4.69) is 32.1 Å². The van der Waals surface area contributed by atoms with Gasteiger partial charge in [0.2, 0.25) is 5.91 Å². The summed E-state index contributed by atoms with van der Waals surface area (Å²) in [4.78, 5) is 24.4. The van der Waals surface area contributed by atoms with E-state index in [0.29, 0.717) is 0 Å². The average Bonchev–Trinajstić information content (AvgIpc) is 3.26. The molecule has 0 bridgehead atoms. The van der Waals surface area contributed by atoms with Gasteiger partial charge >= 0.3 is 0 Å². The zero-order valence-electron chi connectivity index (χ0n) is 15.4. The predicted octanol–water partition coefficient (Wildman–Crippen LogP) is 2.27. The van der Waals surface area contributed by atoms with E-state index in [1.54, 1.807) is 4.68 Å². The van der Waals surface area contributed by atoms with Crippen molar-refractivity contribution in [2.75, 3.05) is 31.1 Å². The van der Waals surface area contributed by atoms with Crippen LogP contribution in [0, 0.1) is 5.92 Å². The fourth-order valence-corrected chi connectivity index (χ4v) is 3.54. The molecule has 0 aromatic carbocycles. The number of nitrogens with zero attached hydrogens (tertiary/aromatic N) is 5. The van der Waals surface area contributed by atoms with Crippen LogP contribution in [0.3, 0.4) is 0 Å². The van der Waals surface area contributed by atoms with E-state index < -0.39 is 0 Å². The molecule has 7 nitrogen and oxygen atoms in total. The summed E-state index contributed by atoms with van der Waals surface area (Å²) in [6.45, 7) is 7.12. The Balaban J connectivity index is 1.59. The van der Waals surface area contributed by atoms with Gasteiger partial charge in [-0.2, -0.15) is 5.10 Å². The second-order valence-corrected chi connectivity index (χ2v) is 7.15. The van der Waals surface area contributed by atoms with Gasteiger partial charge in [0.1, 0.15) is 5.65 Å². The lowest BCUT2D eigenvalue weighted by atomic mass is 10.1. The summed E-state index contributed by atoms with van der Waals surface area (Å²) < 4.78 is 1.79. The van der Waals surface area contributed by atoms with Crippen molar-refractivity contribution in [2.45, 2.75) is 13.8 Å². The number of amides is 1. The lowest BCUT2D eigenvalue weighted by molar-refractivity contribution is -0.134. The highest BCUT2D eigenvalue weighted by Gasteiger charge is 2.24. The van der Waals surface area contributed by atoms with Crippen molar-refractivity contribution in [3.63, 3.8) is 0 Å². The fourth-order valence-electron chi connectivity index (χ4n) is 3.54. The van der Waals surface area contributed by atoms with E-state index in [4.69, 9.17) is 0 Å². The van der Waals surface area contributed by atoms with Crippen LogP contribution in [0.5, 0.6) is 0 Å². The molecule has 1 amide bonds. The summed E-state index contributed by atoms with van der Waals surface area (Å²) in [6.07, 6.45) is 5.67. The Morgan fingerprint density at radius 2 is 2.00 bits per heavy atom. The molecule has 0 atom stereocenters. The molecule has 3 aromatic rings. The molecule has 3 aromatic heterocycles. The predicted molar refractivity (Wildman–Crippen MR) is 102 cm³/mol. The highest BCUT2D eigenvalue weighted by Crippen LogP contribution is 2.30. The van der Waals surface area contributed by atoms with Gasteiger partial charge in [-0.1, -0.05) is 13.8 Å². The molecule has 1 aliphatic heterocycles. The van der Waals surface area contributed by atoms with Gasteiger partial charge in [-0.3, -0.25) is 9.48 Å². The number of nitrogens with one attached hydrogen (secondary N) is 1. The van der Waals surface area contributed by atoms with Crippen molar-refractivity contribution in [1.82, 2.24) is 24.6 Å². The Hall–Kier alpha value is -2.83. The van der Waals surface area contributed by atoms with Gasteiger partial charge in [0.25, 0.3) is 0 Å². The molecule has 26 heavy (non-hydrogen) atoms. The second kappa shape index (κ2) is 6.48. The Kier molecular flexibility index (Phi) is 4.14. The largest absolute Gasteiger partial charge is 0.367 e. The van der Waals surface area contributed by atoms with E-state index in [1.807, 2.05) is 44.4 Å². The molecule has 1 N–H and O–H groups in total. The van der Waals surface area contributed by atoms with Gasteiger partial charge in [-0.05, 0) is 12.1 Å². The minimum absolute atomic E-state index is 0.0564. The summed E-state index contributed by atoms with van der Waals surface area (Å²) in [6, 6.07) is 4.20. The van der Waals surface area contributed by atoms with E-state index in [1.165, 1.54) is 0 Å². The van der Waals surface area contributed by atoms with Gasteiger partial charge in [0, 0.05) is 68.2 Å². The van der Waals surface area contributed by atoms with Crippen molar-refractivity contribution >= 4 is 22.6 Å². The van der Waals surface area contributed by atoms with E-state index in [-0.39, 0.29) is 11.8 Å². The number of carbonyl (C=O) groups is 1. The highest BCUT2D eigenvalue weighted by atomic mass is 16.2. The SMILES string of the molecule is CC(C)C(=O)N1CCN(c2ccnc3[nH]c(-c4cnn(C)c4)cc23)CC1.